The quantitative estimate of drug-likeness (QED) is 0.671. The molecule has 0 fully saturated rings. The molecular weight excluding hydrogens is 396 g/mol. The summed E-state index contributed by atoms with van der Waals surface area (Å²) >= 11 is 6.14. The largest absolute Gasteiger partial charge is 0.497 e. The number of halogens is 1. The molecule has 2 aromatic rings. The number of esters is 1. The van der Waals surface area contributed by atoms with Gasteiger partial charge >= 0.3 is 5.97 Å². The van der Waals surface area contributed by atoms with Gasteiger partial charge in [-0.05, 0) is 48.4 Å². The lowest BCUT2D eigenvalue weighted by molar-refractivity contribution is -0.118. The van der Waals surface area contributed by atoms with E-state index in [1.807, 2.05) is 13.8 Å². The van der Waals surface area contributed by atoms with Crippen molar-refractivity contribution in [2.45, 2.75) is 19.9 Å². The summed E-state index contributed by atoms with van der Waals surface area (Å²) in [6.07, 6.45) is 0. The third-order valence-corrected chi connectivity index (χ3v) is 4.56. The molecule has 0 aliphatic rings. The molecule has 1 unspecified atom stereocenters. The highest BCUT2D eigenvalue weighted by Gasteiger charge is 2.25. The summed E-state index contributed by atoms with van der Waals surface area (Å²) in [4.78, 5) is 37.1. The number of carbonyl (C=O) groups excluding carboxylic acids is 3. The maximum Gasteiger partial charge on any atom is 0.337 e. The highest BCUT2D eigenvalue weighted by molar-refractivity contribution is 6.34. The zero-order chi connectivity index (χ0) is 21.6. The number of benzene rings is 2. The predicted molar refractivity (Wildman–Crippen MR) is 111 cm³/mol. The molecule has 0 spiro atoms. The van der Waals surface area contributed by atoms with Crippen molar-refractivity contribution in [3.8, 4) is 5.75 Å². The van der Waals surface area contributed by atoms with Gasteiger partial charge in [0.25, 0.3) is 5.91 Å². The van der Waals surface area contributed by atoms with Crippen molar-refractivity contribution in [2.24, 2.45) is 5.92 Å². The molecule has 2 aromatic carbocycles. The first-order chi connectivity index (χ1) is 13.8. The van der Waals surface area contributed by atoms with Gasteiger partial charge in [0.15, 0.2) is 0 Å². The summed E-state index contributed by atoms with van der Waals surface area (Å²) in [5.74, 6) is -0.966. The Labute approximate surface area is 174 Å². The molecule has 154 valence electrons. The second-order valence-electron chi connectivity index (χ2n) is 6.60. The van der Waals surface area contributed by atoms with Gasteiger partial charge in [-0.25, -0.2) is 4.79 Å². The van der Waals surface area contributed by atoms with Crippen LogP contribution in [-0.2, 0) is 9.53 Å². The van der Waals surface area contributed by atoms with Crippen molar-refractivity contribution in [1.29, 1.82) is 0 Å². The van der Waals surface area contributed by atoms with Crippen LogP contribution in [0.3, 0.4) is 0 Å². The van der Waals surface area contributed by atoms with Crippen molar-refractivity contribution in [3.05, 3.63) is 58.6 Å². The van der Waals surface area contributed by atoms with Gasteiger partial charge in [-0.3, -0.25) is 9.59 Å². The summed E-state index contributed by atoms with van der Waals surface area (Å²) in [5.41, 5.74) is 0.898. The van der Waals surface area contributed by atoms with Crippen LogP contribution in [0.5, 0.6) is 5.75 Å². The first kappa shape index (κ1) is 22.2. The first-order valence-corrected chi connectivity index (χ1v) is 9.28. The average molecular weight is 419 g/mol. The maximum atomic E-state index is 12.8. The number of methoxy groups -OCH3 is 2. The van der Waals surface area contributed by atoms with E-state index in [2.05, 4.69) is 15.4 Å². The van der Waals surface area contributed by atoms with E-state index in [1.54, 1.807) is 24.3 Å². The molecule has 8 heteroatoms. The predicted octanol–water partition coefficient (Wildman–Crippen LogP) is 3.53. The van der Waals surface area contributed by atoms with E-state index < -0.39 is 23.8 Å². The van der Waals surface area contributed by atoms with Crippen molar-refractivity contribution < 1.29 is 23.9 Å². The van der Waals surface area contributed by atoms with Crippen LogP contribution in [0.15, 0.2) is 42.5 Å². The molecule has 2 amide bonds. The second-order valence-corrected chi connectivity index (χ2v) is 7.01. The van der Waals surface area contributed by atoms with Crippen LogP contribution in [0.4, 0.5) is 5.69 Å². The number of hydrogen-bond acceptors (Lipinski definition) is 5. The van der Waals surface area contributed by atoms with Crippen LogP contribution in [0, 0.1) is 5.92 Å². The molecule has 0 aliphatic heterocycles. The topological polar surface area (TPSA) is 93.7 Å². The molecular formula is C21H23ClN2O5. The first-order valence-electron chi connectivity index (χ1n) is 8.90. The van der Waals surface area contributed by atoms with Crippen LogP contribution in [0.25, 0.3) is 0 Å². The molecule has 29 heavy (non-hydrogen) atoms. The standard InChI is InChI=1S/C21H23ClN2O5/c1-12(2)18(24-19(25)13-5-8-15(28-3)9-6-13)20(26)23-17-11-14(21(27)29-4)7-10-16(17)22/h5-12,18H,1-4H3,(H,23,26)(H,24,25). The lowest BCUT2D eigenvalue weighted by Crippen LogP contribution is -2.47. The molecule has 7 nitrogen and oxygen atoms in total. The highest BCUT2D eigenvalue weighted by Crippen LogP contribution is 2.24. The van der Waals surface area contributed by atoms with Crippen LogP contribution >= 0.6 is 11.6 Å². The number of amides is 2. The van der Waals surface area contributed by atoms with E-state index in [0.29, 0.717) is 11.3 Å². The lowest BCUT2D eigenvalue weighted by Gasteiger charge is -2.22. The van der Waals surface area contributed by atoms with E-state index in [9.17, 15) is 14.4 Å². The van der Waals surface area contributed by atoms with Crippen LogP contribution in [0.2, 0.25) is 5.02 Å². The summed E-state index contributed by atoms with van der Waals surface area (Å²) in [6, 6.07) is 10.1. The van der Waals surface area contributed by atoms with Gasteiger partial charge < -0.3 is 20.1 Å². The van der Waals surface area contributed by atoms with E-state index >= 15 is 0 Å². The summed E-state index contributed by atoms with van der Waals surface area (Å²) in [6.45, 7) is 3.62. The molecule has 0 saturated heterocycles. The number of rotatable bonds is 7. The van der Waals surface area contributed by atoms with Crippen molar-refractivity contribution in [3.63, 3.8) is 0 Å². The smallest absolute Gasteiger partial charge is 0.337 e. The Morgan fingerprint density at radius 1 is 0.966 bits per heavy atom. The molecule has 2 N–H and O–H groups in total. The van der Waals surface area contributed by atoms with E-state index in [4.69, 9.17) is 16.3 Å². The summed E-state index contributed by atoms with van der Waals surface area (Å²) in [7, 11) is 2.80. The Kier molecular flexibility index (Phi) is 7.61. The molecule has 0 aromatic heterocycles. The fourth-order valence-corrected chi connectivity index (χ4v) is 2.74. The van der Waals surface area contributed by atoms with Gasteiger partial charge in [-0.15, -0.1) is 0 Å². The number of anilines is 1. The fourth-order valence-electron chi connectivity index (χ4n) is 2.58. The Morgan fingerprint density at radius 2 is 1.59 bits per heavy atom. The number of ether oxygens (including phenoxy) is 2. The van der Waals surface area contributed by atoms with Gasteiger partial charge in [0.1, 0.15) is 11.8 Å². The Balaban J connectivity index is 2.17. The van der Waals surface area contributed by atoms with Crippen molar-refractivity contribution >= 4 is 35.1 Å². The van der Waals surface area contributed by atoms with Crippen molar-refractivity contribution in [2.75, 3.05) is 19.5 Å². The van der Waals surface area contributed by atoms with Gasteiger partial charge in [-0.1, -0.05) is 25.4 Å². The van der Waals surface area contributed by atoms with E-state index in [0.717, 1.165) is 0 Å². The molecule has 0 aliphatic carbocycles. The zero-order valence-electron chi connectivity index (χ0n) is 16.6. The highest BCUT2D eigenvalue weighted by atomic mass is 35.5. The van der Waals surface area contributed by atoms with Crippen LogP contribution in [-0.4, -0.2) is 38.0 Å². The summed E-state index contributed by atoms with van der Waals surface area (Å²) < 4.78 is 9.76. The minimum Gasteiger partial charge on any atom is -0.497 e. The number of hydrogen-bond donors (Lipinski definition) is 2. The molecule has 0 radical (unpaired) electrons. The molecule has 0 heterocycles. The third-order valence-electron chi connectivity index (χ3n) is 4.23. The molecule has 0 bridgehead atoms. The third kappa shape index (κ3) is 5.71. The zero-order valence-corrected chi connectivity index (χ0v) is 17.4. The van der Waals surface area contributed by atoms with Crippen LogP contribution in [0.1, 0.15) is 34.6 Å². The maximum absolute atomic E-state index is 12.8. The number of nitrogens with one attached hydrogen (secondary N) is 2. The van der Waals surface area contributed by atoms with Gasteiger partial charge in [-0.2, -0.15) is 0 Å². The minimum absolute atomic E-state index is 0.195. The van der Waals surface area contributed by atoms with E-state index in [-0.39, 0.29) is 22.2 Å². The SMILES string of the molecule is COC(=O)c1ccc(Cl)c(NC(=O)C(NC(=O)c2ccc(OC)cc2)C(C)C)c1. The molecule has 1 atom stereocenters. The Bertz CT molecular complexity index is 896. The van der Waals surface area contributed by atoms with Crippen LogP contribution < -0.4 is 15.4 Å². The summed E-state index contributed by atoms with van der Waals surface area (Å²) in [5, 5.41) is 5.66. The minimum atomic E-state index is -0.817. The Morgan fingerprint density at radius 3 is 2.14 bits per heavy atom. The molecule has 2 rings (SSSR count). The van der Waals surface area contributed by atoms with Gasteiger partial charge in [0.2, 0.25) is 5.91 Å². The lowest BCUT2D eigenvalue weighted by atomic mass is 10.0. The Hall–Kier alpha value is -3.06. The average Bonchev–Trinajstić information content (AvgIpc) is 2.72. The monoisotopic (exact) mass is 418 g/mol. The van der Waals surface area contributed by atoms with Gasteiger partial charge in [0, 0.05) is 5.56 Å². The molecule has 0 saturated carbocycles. The van der Waals surface area contributed by atoms with Gasteiger partial charge in [0.05, 0.1) is 30.5 Å². The second kappa shape index (κ2) is 9.93. The van der Waals surface area contributed by atoms with Crippen molar-refractivity contribution in [1.82, 2.24) is 5.32 Å². The van der Waals surface area contributed by atoms with E-state index in [1.165, 1.54) is 32.4 Å². The normalized spacial score (nSPS) is 11.5. The fraction of sp³-hybridized carbons (Fsp3) is 0.286. The number of carbonyl (C=O) groups is 3.